The average molecular weight is 407 g/mol. The van der Waals surface area contributed by atoms with E-state index in [1.54, 1.807) is 0 Å². The van der Waals surface area contributed by atoms with E-state index in [4.69, 9.17) is 4.74 Å². The Bertz CT molecular complexity index is 752. The lowest BCUT2D eigenvalue weighted by atomic mass is 9.77. The number of unbranched alkanes of at least 4 members (excludes halogenated alkanes) is 3. The van der Waals surface area contributed by atoms with Crippen molar-refractivity contribution in [3.05, 3.63) is 54.1 Å². The molecule has 2 aromatic rings. The van der Waals surface area contributed by atoms with Crippen LogP contribution in [0.25, 0.3) is 11.1 Å². The van der Waals surface area contributed by atoms with Crippen LogP contribution in [-0.4, -0.2) is 5.97 Å². The lowest BCUT2D eigenvalue weighted by molar-refractivity contribution is -0.134. The lowest BCUT2D eigenvalue weighted by Gasteiger charge is -2.29. The van der Waals surface area contributed by atoms with Crippen molar-refractivity contribution < 1.29 is 9.53 Å². The van der Waals surface area contributed by atoms with Gasteiger partial charge in [0, 0.05) is 6.42 Å². The van der Waals surface area contributed by atoms with E-state index in [0.29, 0.717) is 12.2 Å². The second-order valence-electron chi connectivity index (χ2n) is 8.94. The first-order valence-electron chi connectivity index (χ1n) is 12.1. The van der Waals surface area contributed by atoms with Gasteiger partial charge in [0.15, 0.2) is 0 Å². The van der Waals surface area contributed by atoms with Crippen LogP contribution in [-0.2, 0) is 4.79 Å². The summed E-state index contributed by atoms with van der Waals surface area (Å²) in [5.41, 5.74) is 3.87. The maximum atomic E-state index is 11.8. The zero-order chi connectivity index (χ0) is 21.2. The molecule has 0 aromatic heterocycles. The van der Waals surface area contributed by atoms with Gasteiger partial charge in [0.25, 0.3) is 0 Å². The van der Waals surface area contributed by atoms with Gasteiger partial charge in [-0.3, -0.25) is 4.79 Å². The molecule has 0 radical (unpaired) electrons. The highest BCUT2D eigenvalue weighted by Gasteiger charge is 2.22. The van der Waals surface area contributed by atoms with Gasteiger partial charge in [-0.2, -0.15) is 0 Å². The van der Waals surface area contributed by atoms with E-state index in [1.165, 1.54) is 62.5 Å². The number of esters is 1. The molecule has 1 fully saturated rings. The monoisotopic (exact) mass is 406 g/mol. The molecule has 2 aromatic carbocycles. The normalized spacial score (nSPS) is 18.9. The first-order chi connectivity index (χ1) is 14.7. The van der Waals surface area contributed by atoms with Crippen LogP contribution in [0.4, 0.5) is 0 Å². The molecule has 1 aliphatic carbocycles. The highest BCUT2D eigenvalue weighted by atomic mass is 16.5. The van der Waals surface area contributed by atoms with Crippen molar-refractivity contribution in [3.8, 4) is 16.9 Å². The molecule has 1 saturated carbocycles. The predicted octanol–water partition coefficient (Wildman–Crippen LogP) is 8.30. The Kier molecular flexibility index (Phi) is 8.99. The summed E-state index contributed by atoms with van der Waals surface area (Å²) >= 11 is 0. The number of benzene rings is 2. The van der Waals surface area contributed by atoms with Crippen molar-refractivity contribution in [2.24, 2.45) is 5.92 Å². The summed E-state index contributed by atoms with van der Waals surface area (Å²) in [4.78, 5) is 11.8. The second-order valence-corrected chi connectivity index (χ2v) is 8.94. The van der Waals surface area contributed by atoms with Crippen molar-refractivity contribution in [3.63, 3.8) is 0 Å². The molecular formula is C28H38O2. The third kappa shape index (κ3) is 6.72. The minimum atomic E-state index is -0.144. The van der Waals surface area contributed by atoms with Crippen LogP contribution in [0, 0.1) is 5.92 Å². The van der Waals surface area contributed by atoms with Crippen LogP contribution in [0.15, 0.2) is 48.5 Å². The highest BCUT2D eigenvalue weighted by Crippen LogP contribution is 2.38. The number of rotatable bonds is 10. The van der Waals surface area contributed by atoms with Gasteiger partial charge < -0.3 is 4.74 Å². The molecule has 0 bridgehead atoms. The van der Waals surface area contributed by atoms with Gasteiger partial charge in [-0.15, -0.1) is 0 Å². The maximum absolute atomic E-state index is 11.8. The molecule has 2 heteroatoms. The van der Waals surface area contributed by atoms with Gasteiger partial charge in [0.1, 0.15) is 5.75 Å². The Morgan fingerprint density at radius 1 is 0.800 bits per heavy atom. The summed E-state index contributed by atoms with van der Waals surface area (Å²) < 4.78 is 5.41. The molecule has 1 aliphatic rings. The SMILES string of the molecule is CCCCCC1CCC(c2ccc(-c3ccc(OC(=O)CCCC)cc3)cc2)CC1. The van der Waals surface area contributed by atoms with Crippen LogP contribution in [0.3, 0.4) is 0 Å². The summed E-state index contributed by atoms with van der Waals surface area (Å²) in [5.74, 6) is 2.18. The molecule has 0 amide bonds. The van der Waals surface area contributed by atoms with E-state index in [1.807, 2.05) is 24.3 Å². The second kappa shape index (κ2) is 11.9. The summed E-state index contributed by atoms with van der Waals surface area (Å²) in [6.07, 6.45) is 13.4. The molecule has 0 N–H and O–H groups in total. The van der Waals surface area contributed by atoms with Crippen LogP contribution >= 0.6 is 0 Å². The standard InChI is InChI=1S/C28H38O2/c1-3-5-7-8-22-10-12-23(13-11-22)24-14-16-25(17-15-24)26-18-20-27(21-19-26)30-28(29)9-6-4-2/h14-23H,3-13H2,1-2H3. The minimum absolute atomic E-state index is 0.144. The number of hydrogen-bond acceptors (Lipinski definition) is 2. The lowest BCUT2D eigenvalue weighted by Crippen LogP contribution is -2.13. The molecule has 0 unspecified atom stereocenters. The van der Waals surface area contributed by atoms with Crippen LogP contribution in [0.1, 0.15) is 96.0 Å². The quantitative estimate of drug-likeness (QED) is 0.225. The van der Waals surface area contributed by atoms with E-state index in [2.05, 4.69) is 38.1 Å². The Morgan fingerprint density at radius 3 is 2.00 bits per heavy atom. The smallest absolute Gasteiger partial charge is 0.311 e. The molecule has 2 nitrogen and oxygen atoms in total. The summed E-state index contributed by atoms with van der Waals surface area (Å²) in [7, 11) is 0. The molecular weight excluding hydrogens is 368 g/mol. The molecule has 3 rings (SSSR count). The number of ether oxygens (including phenoxy) is 1. The molecule has 0 heterocycles. The van der Waals surface area contributed by atoms with E-state index < -0.39 is 0 Å². The molecule has 0 spiro atoms. The Morgan fingerprint density at radius 2 is 1.40 bits per heavy atom. The number of carbonyl (C=O) groups excluding carboxylic acids is 1. The fraction of sp³-hybridized carbons (Fsp3) is 0.536. The fourth-order valence-corrected chi connectivity index (χ4v) is 4.63. The van der Waals surface area contributed by atoms with E-state index >= 15 is 0 Å². The highest BCUT2D eigenvalue weighted by molar-refractivity contribution is 5.73. The molecule has 0 saturated heterocycles. The number of carbonyl (C=O) groups is 1. The molecule has 0 atom stereocenters. The van der Waals surface area contributed by atoms with Gasteiger partial charge in [-0.25, -0.2) is 0 Å². The minimum Gasteiger partial charge on any atom is -0.427 e. The van der Waals surface area contributed by atoms with Gasteiger partial charge in [-0.05, 0) is 72.8 Å². The van der Waals surface area contributed by atoms with Crippen molar-refractivity contribution in [1.29, 1.82) is 0 Å². The van der Waals surface area contributed by atoms with Gasteiger partial charge in [0.05, 0.1) is 0 Å². The largest absolute Gasteiger partial charge is 0.427 e. The van der Waals surface area contributed by atoms with E-state index in [9.17, 15) is 4.79 Å². The fourth-order valence-electron chi connectivity index (χ4n) is 4.63. The van der Waals surface area contributed by atoms with Crippen molar-refractivity contribution in [1.82, 2.24) is 0 Å². The first kappa shape index (κ1) is 22.6. The van der Waals surface area contributed by atoms with Crippen LogP contribution < -0.4 is 4.74 Å². The predicted molar refractivity (Wildman–Crippen MR) is 126 cm³/mol. The van der Waals surface area contributed by atoms with Crippen molar-refractivity contribution >= 4 is 5.97 Å². The van der Waals surface area contributed by atoms with Crippen LogP contribution in [0.5, 0.6) is 5.75 Å². The average Bonchev–Trinajstić information content (AvgIpc) is 2.79. The number of hydrogen-bond donors (Lipinski definition) is 0. The van der Waals surface area contributed by atoms with Crippen molar-refractivity contribution in [2.45, 2.75) is 90.4 Å². The van der Waals surface area contributed by atoms with Crippen LogP contribution in [0.2, 0.25) is 0 Å². The topological polar surface area (TPSA) is 26.3 Å². The van der Waals surface area contributed by atoms with E-state index in [-0.39, 0.29) is 5.97 Å². The Balaban J connectivity index is 1.51. The Hall–Kier alpha value is -2.09. The van der Waals surface area contributed by atoms with Gasteiger partial charge in [-0.1, -0.05) is 82.3 Å². The summed E-state index contributed by atoms with van der Waals surface area (Å²) in [5, 5.41) is 0. The van der Waals surface area contributed by atoms with Gasteiger partial charge >= 0.3 is 5.97 Å². The zero-order valence-corrected chi connectivity index (χ0v) is 18.9. The first-order valence-corrected chi connectivity index (χ1v) is 12.1. The summed E-state index contributed by atoms with van der Waals surface area (Å²) in [6.45, 7) is 4.37. The third-order valence-electron chi connectivity index (χ3n) is 6.60. The Labute approximate surface area is 183 Å². The zero-order valence-electron chi connectivity index (χ0n) is 18.9. The van der Waals surface area contributed by atoms with E-state index in [0.717, 1.165) is 30.2 Å². The third-order valence-corrected chi connectivity index (χ3v) is 6.60. The summed E-state index contributed by atoms with van der Waals surface area (Å²) in [6, 6.07) is 17.0. The molecule has 0 aliphatic heterocycles. The molecule has 30 heavy (non-hydrogen) atoms. The van der Waals surface area contributed by atoms with Crippen molar-refractivity contribution in [2.75, 3.05) is 0 Å². The van der Waals surface area contributed by atoms with Gasteiger partial charge in [0.2, 0.25) is 0 Å². The maximum Gasteiger partial charge on any atom is 0.311 e. The molecule has 162 valence electrons.